The summed E-state index contributed by atoms with van der Waals surface area (Å²) in [5.74, 6) is -0.317. The number of nitrogens with one attached hydrogen (secondary N) is 1. The minimum Gasteiger partial charge on any atom is -0.355 e. The van der Waals surface area contributed by atoms with Crippen molar-refractivity contribution >= 4 is 17.5 Å². The van der Waals surface area contributed by atoms with Crippen LogP contribution in [-0.4, -0.2) is 12.5 Å². The number of hydrogen-bond donors (Lipinski definition) is 1. The van der Waals surface area contributed by atoms with Gasteiger partial charge in [-0.15, -0.1) is 0 Å². The van der Waals surface area contributed by atoms with Crippen LogP contribution in [0.1, 0.15) is 30.4 Å². The zero-order chi connectivity index (χ0) is 16.3. The highest BCUT2D eigenvalue weighted by Crippen LogP contribution is 2.43. The number of benzene rings is 2. The molecule has 0 spiro atoms. The molecule has 0 aromatic heterocycles. The average molecular weight is 332 g/mol. The van der Waals surface area contributed by atoms with Crippen molar-refractivity contribution in [2.24, 2.45) is 0 Å². The molecule has 1 saturated carbocycles. The maximum atomic E-state index is 12.9. The molecule has 0 unspecified atom stereocenters. The van der Waals surface area contributed by atoms with E-state index in [1.54, 1.807) is 12.1 Å². The quantitative estimate of drug-likeness (QED) is 0.871. The van der Waals surface area contributed by atoms with Crippen LogP contribution in [0.25, 0.3) is 0 Å². The zero-order valence-electron chi connectivity index (χ0n) is 12.8. The summed E-state index contributed by atoms with van der Waals surface area (Å²) in [6.45, 7) is 0.634. The molecule has 2 aromatic rings. The second kappa shape index (κ2) is 6.71. The van der Waals surface area contributed by atoms with Crippen molar-refractivity contribution in [3.8, 4) is 0 Å². The fourth-order valence-electron chi connectivity index (χ4n) is 3.09. The van der Waals surface area contributed by atoms with Gasteiger partial charge in [-0.3, -0.25) is 4.79 Å². The Bertz CT molecular complexity index is 678. The first-order chi connectivity index (χ1) is 11.1. The van der Waals surface area contributed by atoms with Gasteiger partial charge in [-0.25, -0.2) is 4.39 Å². The normalized spacial score (nSPS) is 15.7. The molecule has 0 heterocycles. The first kappa shape index (κ1) is 16.0. The Morgan fingerprint density at radius 3 is 2.30 bits per heavy atom. The summed E-state index contributed by atoms with van der Waals surface area (Å²) in [6, 6.07) is 13.9. The van der Waals surface area contributed by atoms with Gasteiger partial charge in [-0.05, 0) is 48.2 Å². The van der Waals surface area contributed by atoms with Gasteiger partial charge in [0.15, 0.2) is 0 Å². The van der Waals surface area contributed by atoms with E-state index in [0.29, 0.717) is 6.54 Å². The minimum absolute atomic E-state index is 0.0307. The van der Waals surface area contributed by atoms with Crippen molar-refractivity contribution in [3.63, 3.8) is 0 Å². The van der Waals surface area contributed by atoms with Crippen molar-refractivity contribution in [1.29, 1.82) is 0 Å². The molecule has 1 amide bonds. The molecule has 120 valence electrons. The van der Waals surface area contributed by atoms with E-state index in [0.717, 1.165) is 23.4 Å². The number of amides is 1. The lowest BCUT2D eigenvalue weighted by molar-refractivity contribution is -0.120. The fourth-order valence-corrected chi connectivity index (χ4v) is 3.22. The molecule has 0 atom stereocenters. The smallest absolute Gasteiger partial charge is 0.224 e. The average Bonchev–Trinajstić information content (AvgIpc) is 2.50. The van der Waals surface area contributed by atoms with Crippen LogP contribution in [0.4, 0.5) is 4.39 Å². The first-order valence-electron chi connectivity index (χ1n) is 7.85. The van der Waals surface area contributed by atoms with Crippen molar-refractivity contribution in [2.45, 2.75) is 31.1 Å². The number of carbonyl (C=O) groups is 1. The van der Waals surface area contributed by atoms with E-state index in [1.807, 2.05) is 24.3 Å². The SMILES string of the molecule is O=C(Cc1ccc(F)cc1)NCC1(c2ccc(Cl)cc2)CCC1. The number of halogens is 2. The summed E-state index contributed by atoms with van der Waals surface area (Å²) in [4.78, 5) is 12.1. The lowest BCUT2D eigenvalue weighted by Gasteiger charge is -2.42. The van der Waals surface area contributed by atoms with Crippen LogP contribution in [0.5, 0.6) is 0 Å². The Balaban J connectivity index is 1.60. The summed E-state index contributed by atoms with van der Waals surface area (Å²) >= 11 is 5.96. The van der Waals surface area contributed by atoms with Gasteiger partial charge in [0.25, 0.3) is 0 Å². The van der Waals surface area contributed by atoms with Crippen LogP contribution in [0.15, 0.2) is 48.5 Å². The Morgan fingerprint density at radius 1 is 1.09 bits per heavy atom. The zero-order valence-corrected chi connectivity index (χ0v) is 13.6. The molecule has 0 saturated heterocycles. The molecule has 1 fully saturated rings. The molecule has 23 heavy (non-hydrogen) atoms. The van der Waals surface area contributed by atoms with E-state index >= 15 is 0 Å². The van der Waals surface area contributed by atoms with Crippen LogP contribution in [0, 0.1) is 5.82 Å². The van der Waals surface area contributed by atoms with Crippen LogP contribution >= 0.6 is 11.6 Å². The van der Waals surface area contributed by atoms with Gasteiger partial charge in [0.05, 0.1) is 6.42 Å². The summed E-state index contributed by atoms with van der Waals surface area (Å²) in [6.07, 6.45) is 3.60. The number of hydrogen-bond acceptors (Lipinski definition) is 1. The van der Waals surface area contributed by atoms with E-state index < -0.39 is 0 Å². The molecule has 4 heteroatoms. The third-order valence-electron chi connectivity index (χ3n) is 4.67. The van der Waals surface area contributed by atoms with Crippen molar-refractivity contribution < 1.29 is 9.18 Å². The molecule has 1 aliphatic rings. The highest BCUT2D eigenvalue weighted by Gasteiger charge is 2.38. The highest BCUT2D eigenvalue weighted by atomic mass is 35.5. The van der Waals surface area contributed by atoms with Gasteiger partial charge in [-0.1, -0.05) is 42.3 Å². The lowest BCUT2D eigenvalue weighted by Crippen LogP contribution is -2.45. The molecule has 2 aromatic carbocycles. The predicted molar refractivity (Wildman–Crippen MR) is 90.1 cm³/mol. The number of rotatable bonds is 5. The number of carbonyl (C=O) groups excluding carboxylic acids is 1. The molecular formula is C19H19ClFNO. The van der Waals surface area contributed by atoms with Crippen LogP contribution in [0.2, 0.25) is 5.02 Å². The largest absolute Gasteiger partial charge is 0.355 e. The molecule has 1 N–H and O–H groups in total. The monoisotopic (exact) mass is 331 g/mol. The summed E-state index contributed by atoms with van der Waals surface area (Å²) in [7, 11) is 0. The summed E-state index contributed by atoms with van der Waals surface area (Å²) in [5.41, 5.74) is 2.08. The Hall–Kier alpha value is -1.87. The second-order valence-corrected chi connectivity index (χ2v) is 6.66. The van der Waals surface area contributed by atoms with Gasteiger partial charge in [0.2, 0.25) is 5.91 Å². The summed E-state index contributed by atoms with van der Waals surface area (Å²) in [5, 5.41) is 3.76. The van der Waals surface area contributed by atoms with E-state index in [-0.39, 0.29) is 23.6 Å². The fraction of sp³-hybridized carbons (Fsp3) is 0.316. The van der Waals surface area contributed by atoms with E-state index in [9.17, 15) is 9.18 Å². The second-order valence-electron chi connectivity index (χ2n) is 6.22. The first-order valence-corrected chi connectivity index (χ1v) is 8.22. The van der Waals surface area contributed by atoms with Crippen molar-refractivity contribution in [2.75, 3.05) is 6.54 Å². The third kappa shape index (κ3) is 3.73. The molecule has 0 aliphatic heterocycles. The Kier molecular flexibility index (Phi) is 4.67. The van der Waals surface area contributed by atoms with Gasteiger partial charge >= 0.3 is 0 Å². The van der Waals surface area contributed by atoms with E-state index in [4.69, 9.17) is 11.6 Å². The highest BCUT2D eigenvalue weighted by molar-refractivity contribution is 6.30. The molecule has 1 aliphatic carbocycles. The Morgan fingerprint density at radius 2 is 1.74 bits per heavy atom. The lowest BCUT2D eigenvalue weighted by atomic mass is 9.64. The van der Waals surface area contributed by atoms with Gasteiger partial charge in [0, 0.05) is 17.0 Å². The molecule has 3 rings (SSSR count). The minimum atomic E-state index is -0.287. The maximum Gasteiger partial charge on any atom is 0.224 e. The van der Waals surface area contributed by atoms with Gasteiger partial charge < -0.3 is 5.32 Å². The van der Waals surface area contributed by atoms with Crippen LogP contribution in [0.3, 0.4) is 0 Å². The van der Waals surface area contributed by atoms with Crippen molar-refractivity contribution in [3.05, 3.63) is 70.5 Å². The van der Waals surface area contributed by atoms with Crippen LogP contribution in [-0.2, 0) is 16.6 Å². The van der Waals surface area contributed by atoms with Gasteiger partial charge in [0.1, 0.15) is 5.82 Å². The Labute approximate surface area is 140 Å². The maximum absolute atomic E-state index is 12.9. The molecular weight excluding hydrogens is 313 g/mol. The van der Waals surface area contributed by atoms with Crippen LogP contribution < -0.4 is 5.32 Å². The molecule has 0 bridgehead atoms. The van der Waals surface area contributed by atoms with Gasteiger partial charge in [-0.2, -0.15) is 0 Å². The standard InChI is InChI=1S/C19H19ClFNO/c20-16-6-4-15(5-7-16)19(10-1-11-19)13-22-18(23)12-14-2-8-17(21)9-3-14/h2-9H,1,10-13H2,(H,22,23). The summed E-state index contributed by atoms with van der Waals surface area (Å²) < 4.78 is 12.9. The van der Waals surface area contributed by atoms with Crippen molar-refractivity contribution in [1.82, 2.24) is 5.32 Å². The predicted octanol–water partition coefficient (Wildman–Crippen LogP) is 4.26. The van der Waals surface area contributed by atoms with E-state index in [1.165, 1.54) is 24.1 Å². The van der Waals surface area contributed by atoms with E-state index in [2.05, 4.69) is 5.32 Å². The topological polar surface area (TPSA) is 29.1 Å². The molecule has 0 radical (unpaired) electrons. The third-order valence-corrected chi connectivity index (χ3v) is 4.92. The molecule has 2 nitrogen and oxygen atoms in total.